The highest BCUT2D eigenvalue weighted by Gasteiger charge is 2.13. The zero-order valence-corrected chi connectivity index (χ0v) is 16.2. The normalized spacial score (nSPS) is 10.7. The quantitative estimate of drug-likeness (QED) is 0.332. The number of hydrogen-bond donors (Lipinski definition) is 0. The largest absolute Gasteiger partial charge is 0.241 e. The number of fused-ring (bicyclic) bond motifs is 1. The third-order valence-electron chi connectivity index (χ3n) is 4.75. The van der Waals surface area contributed by atoms with Crippen molar-refractivity contribution in [3.8, 4) is 11.8 Å². The average molecular weight is 402 g/mol. The second-order valence-electron chi connectivity index (χ2n) is 7.05. The van der Waals surface area contributed by atoms with Crippen molar-refractivity contribution >= 4 is 10.8 Å². The molecule has 148 valence electrons. The minimum atomic E-state index is -1.46. The predicted octanol–water partition coefficient (Wildman–Crippen LogP) is 5.54. The maximum Gasteiger partial charge on any atom is 0.195 e. The first kappa shape index (κ1) is 19.7. The molecule has 0 bridgehead atoms. The average Bonchev–Trinajstić information content (AvgIpc) is 2.76. The van der Waals surface area contributed by atoms with E-state index < -0.39 is 17.5 Å². The number of hydrogen-bond acceptors (Lipinski definition) is 2. The molecule has 1 aromatic heterocycles. The van der Waals surface area contributed by atoms with E-state index >= 15 is 0 Å². The van der Waals surface area contributed by atoms with Crippen LogP contribution in [0.2, 0.25) is 0 Å². The Kier molecular flexibility index (Phi) is 5.49. The van der Waals surface area contributed by atoms with Gasteiger partial charge in [0.05, 0.1) is 0 Å². The molecule has 0 saturated heterocycles. The number of aromatic nitrogens is 2. The summed E-state index contributed by atoms with van der Waals surface area (Å²) in [6.07, 6.45) is 5.21. The van der Waals surface area contributed by atoms with Crippen LogP contribution in [-0.4, -0.2) is 9.97 Å². The van der Waals surface area contributed by atoms with Gasteiger partial charge in [0.15, 0.2) is 17.5 Å². The van der Waals surface area contributed by atoms with Crippen molar-refractivity contribution in [3.05, 3.63) is 106 Å². The van der Waals surface area contributed by atoms with Crippen LogP contribution in [0.25, 0.3) is 10.8 Å². The van der Waals surface area contributed by atoms with Gasteiger partial charge in [0.2, 0.25) is 0 Å². The molecule has 2 nitrogen and oxygen atoms in total. The van der Waals surface area contributed by atoms with Crippen molar-refractivity contribution < 1.29 is 13.2 Å². The van der Waals surface area contributed by atoms with E-state index in [1.165, 1.54) is 6.07 Å². The van der Waals surface area contributed by atoms with Crippen LogP contribution < -0.4 is 0 Å². The highest BCUT2D eigenvalue weighted by molar-refractivity contribution is 5.84. The highest BCUT2D eigenvalue weighted by Crippen LogP contribution is 2.23. The van der Waals surface area contributed by atoms with E-state index in [0.29, 0.717) is 5.56 Å². The van der Waals surface area contributed by atoms with E-state index in [4.69, 9.17) is 0 Å². The molecule has 5 heteroatoms. The lowest BCUT2D eigenvalue weighted by molar-refractivity contribution is 0.453. The summed E-state index contributed by atoms with van der Waals surface area (Å²) in [5.74, 6) is 2.97. The Bertz CT molecular complexity index is 1270. The standard InChI is InChI=1S/C25H17F3N2/c1-16-14-29-23(30-15-16)11-9-18-4-2-17(3-5-18)6-7-19-8-10-21-20(12-19)13-22(26)25(28)24(21)27/h2-5,8,10,12-15H,9,11H2,1H3. The van der Waals surface area contributed by atoms with Crippen LogP contribution in [0.3, 0.4) is 0 Å². The molecular formula is C25H17F3N2. The summed E-state index contributed by atoms with van der Waals surface area (Å²) in [4.78, 5) is 8.62. The Morgan fingerprint density at radius 1 is 0.767 bits per heavy atom. The Balaban J connectivity index is 1.47. The smallest absolute Gasteiger partial charge is 0.195 e. The summed E-state index contributed by atoms with van der Waals surface area (Å²) < 4.78 is 40.6. The Labute approximate surface area is 172 Å². The number of rotatable bonds is 3. The van der Waals surface area contributed by atoms with Crippen LogP contribution in [-0.2, 0) is 12.8 Å². The fourth-order valence-electron chi connectivity index (χ4n) is 3.09. The predicted molar refractivity (Wildman–Crippen MR) is 110 cm³/mol. The minimum Gasteiger partial charge on any atom is -0.241 e. The van der Waals surface area contributed by atoms with Crippen LogP contribution in [0, 0.1) is 36.2 Å². The van der Waals surface area contributed by atoms with Gasteiger partial charge in [0.1, 0.15) is 5.82 Å². The molecule has 0 fully saturated rings. The molecule has 4 rings (SSSR count). The first-order valence-electron chi connectivity index (χ1n) is 9.45. The van der Waals surface area contributed by atoms with Crippen molar-refractivity contribution in [1.29, 1.82) is 0 Å². The molecule has 0 spiro atoms. The fraction of sp³-hybridized carbons (Fsp3) is 0.120. The molecule has 3 aromatic carbocycles. The first-order chi connectivity index (χ1) is 14.5. The van der Waals surface area contributed by atoms with Gasteiger partial charge in [0, 0.05) is 35.3 Å². The topological polar surface area (TPSA) is 25.8 Å². The number of aryl methyl sites for hydroxylation is 3. The van der Waals surface area contributed by atoms with Crippen molar-refractivity contribution in [2.75, 3.05) is 0 Å². The lowest BCUT2D eigenvalue weighted by atomic mass is 10.0. The van der Waals surface area contributed by atoms with Gasteiger partial charge in [-0.05, 0) is 60.2 Å². The third kappa shape index (κ3) is 4.33. The van der Waals surface area contributed by atoms with Crippen molar-refractivity contribution in [3.63, 3.8) is 0 Å². The Morgan fingerprint density at radius 2 is 1.43 bits per heavy atom. The zero-order valence-electron chi connectivity index (χ0n) is 16.2. The molecule has 0 aliphatic rings. The third-order valence-corrected chi connectivity index (χ3v) is 4.75. The second kappa shape index (κ2) is 8.38. The summed E-state index contributed by atoms with van der Waals surface area (Å²) in [5.41, 5.74) is 3.61. The fourth-order valence-corrected chi connectivity index (χ4v) is 3.09. The van der Waals surface area contributed by atoms with Crippen LogP contribution in [0.4, 0.5) is 13.2 Å². The van der Waals surface area contributed by atoms with E-state index in [-0.39, 0.29) is 10.8 Å². The maximum atomic E-state index is 13.8. The van der Waals surface area contributed by atoms with E-state index in [1.807, 2.05) is 43.6 Å². The van der Waals surface area contributed by atoms with Gasteiger partial charge >= 0.3 is 0 Å². The molecule has 30 heavy (non-hydrogen) atoms. The van der Waals surface area contributed by atoms with Gasteiger partial charge in [-0.1, -0.05) is 30.0 Å². The Morgan fingerprint density at radius 3 is 2.17 bits per heavy atom. The summed E-state index contributed by atoms with van der Waals surface area (Å²) in [6.45, 7) is 1.96. The molecule has 4 aromatic rings. The molecule has 0 saturated carbocycles. The monoisotopic (exact) mass is 402 g/mol. The molecule has 0 aliphatic heterocycles. The number of benzene rings is 3. The SMILES string of the molecule is Cc1cnc(CCc2ccc(C#Cc3ccc4c(F)c(F)c(F)cc4c3)cc2)nc1. The van der Waals surface area contributed by atoms with E-state index in [9.17, 15) is 13.2 Å². The van der Waals surface area contributed by atoms with Crippen LogP contribution in [0.15, 0.2) is 60.9 Å². The molecule has 0 N–H and O–H groups in total. The van der Waals surface area contributed by atoms with Gasteiger partial charge < -0.3 is 0 Å². The van der Waals surface area contributed by atoms with Gasteiger partial charge in [0.25, 0.3) is 0 Å². The van der Waals surface area contributed by atoms with Gasteiger partial charge in [-0.25, -0.2) is 23.1 Å². The van der Waals surface area contributed by atoms with Crippen molar-refractivity contribution in [2.24, 2.45) is 0 Å². The molecule has 1 heterocycles. The molecule has 0 atom stereocenters. The lowest BCUT2D eigenvalue weighted by Gasteiger charge is -2.03. The van der Waals surface area contributed by atoms with Crippen molar-refractivity contribution in [2.45, 2.75) is 19.8 Å². The zero-order chi connectivity index (χ0) is 21.1. The van der Waals surface area contributed by atoms with Gasteiger partial charge in [-0.2, -0.15) is 0 Å². The van der Waals surface area contributed by atoms with E-state index in [2.05, 4.69) is 21.8 Å². The van der Waals surface area contributed by atoms with Crippen LogP contribution >= 0.6 is 0 Å². The van der Waals surface area contributed by atoms with Gasteiger partial charge in [-0.3, -0.25) is 0 Å². The number of halogens is 3. The van der Waals surface area contributed by atoms with Crippen LogP contribution in [0.5, 0.6) is 0 Å². The van der Waals surface area contributed by atoms with Crippen LogP contribution in [0.1, 0.15) is 28.1 Å². The Hall–Kier alpha value is -3.65. The minimum absolute atomic E-state index is 0.0290. The first-order valence-corrected chi connectivity index (χ1v) is 9.45. The molecular weight excluding hydrogens is 385 g/mol. The maximum absolute atomic E-state index is 13.8. The molecule has 0 aliphatic carbocycles. The summed E-state index contributed by atoms with van der Waals surface area (Å²) in [7, 11) is 0. The van der Waals surface area contributed by atoms with E-state index in [0.717, 1.165) is 41.4 Å². The highest BCUT2D eigenvalue weighted by atomic mass is 19.2. The summed E-state index contributed by atoms with van der Waals surface area (Å²) in [6, 6.07) is 13.4. The summed E-state index contributed by atoms with van der Waals surface area (Å²) in [5, 5.41) is 0.299. The second-order valence-corrected chi connectivity index (χ2v) is 7.05. The van der Waals surface area contributed by atoms with Gasteiger partial charge in [-0.15, -0.1) is 0 Å². The lowest BCUT2D eigenvalue weighted by Crippen LogP contribution is -1.98. The van der Waals surface area contributed by atoms with E-state index in [1.54, 1.807) is 12.1 Å². The number of nitrogens with zero attached hydrogens (tertiary/aromatic N) is 2. The summed E-state index contributed by atoms with van der Waals surface area (Å²) >= 11 is 0. The molecule has 0 unspecified atom stereocenters. The van der Waals surface area contributed by atoms with Crippen molar-refractivity contribution in [1.82, 2.24) is 9.97 Å². The molecule has 0 radical (unpaired) electrons. The molecule has 0 amide bonds.